The second-order valence-electron chi connectivity index (χ2n) is 9.84. The van der Waals surface area contributed by atoms with Crippen LogP contribution in [0.5, 0.6) is 0 Å². The van der Waals surface area contributed by atoms with Gasteiger partial charge in [0.05, 0.1) is 24.6 Å². The fraction of sp³-hybridized carbons (Fsp3) is 0.300. The number of hydrogen-bond donors (Lipinski definition) is 0. The minimum absolute atomic E-state index is 0.0778. The van der Waals surface area contributed by atoms with Gasteiger partial charge in [-0.3, -0.25) is 9.69 Å². The molecule has 0 bridgehead atoms. The van der Waals surface area contributed by atoms with Crippen molar-refractivity contribution in [2.24, 2.45) is 0 Å². The van der Waals surface area contributed by atoms with Crippen molar-refractivity contribution in [1.82, 2.24) is 9.80 Å². The van der Waals surface area contributed by atoms with E-state index >= 15 is 0 Å². The van der Waals surface area contributed by atoms with Gasteiger partial charge in [0, 0.05) is 25.9 Å². The van der Waals surface area contributed by atoms with Gasteiger partial charge < -0.3 is 9.64 Å². The Balaban J connectivity index is 1.43. The summed E-state index contributed by atoms with van der Waals surface area (Å²) in [6.45, 7) is 3.10. The topological polar surface area (TPSA) is 73.6 Å². The van der Waals surface area contributed by atoms with Crippen LogP contribution in [0.15, 0.2) is 78.9 Å². The van der Waals surface area contributed by atoms with Gasteiger partial charge in [-0.2, -0.15) is 5.26 Å². The molecule has 3 aromatic rings. The van der Waals surface area contributed by atoms with Crippen molar-refractivity contribution < 1.29 is 18.7 Å². The van der Waals surface area contributed by atoms with E-state index in [2.05, 4.69) is 6.07 Å². The van der Waals surface area contributed by atoms with Crippen LogP contribution in [0.25, 0.3) is 0 Å². The van der Waals surface area contributed by atoms with Gasteiger partial charge in [0.15, 0.2) is 0 Å². The number of piperidine rings is 1. The number of rotatable bonds is 5. The summed E-state index contributed by atoms with van der Waals surface area (Å²) in [5, 5.41) is 9.61. The monoisotopic (exact) mass is 497 g/mol. The molecule has 2 fully saturated rings. The lowest BCUT2D eigenvalue weighted by Gasteiger charge is -2.48. The van der Waals surface area contributed by atoms with E-state index in [1.165, 1.54) is 12.1 Å². The van der Waals surface area contributed by atoms with Crippen molar-refractivity contribution in [3.05, 3.63) is 107 Å². The van der Waals surface area contributed by atoms with Gasteiger partial charge in [0.1, 0.15) is 17.0 Å². The van der Waals surface area contributed by atoms with Crippen molar-refractivity contribution in [2.75, 3.05) is 13.1 Å². The summed E-state index contributed by atoms with van der Waals surface area (Å²) in [5.41, 5.74) is 1.19. The van der Waals surface area contributed by atoms with Crippen LogP contribution < -0.4 is 0 Å². The normalized spacial score (nSPS) is 20.5. The number of benzene rings is 3. The number of ether oxygens (including phenoxy) is 1. The number of hydrogen-bond acceptors (Lipinski definition) is 4. The zero-order valence-corrected chi connectivity index (χ0v) is 20.7. The van der Waals surface area contributed by atoms with E-state index in [1.807, 2.05) is 49.4 Å². The lowest BCUT2D eigenvalue weighted by Crippen LogP contribution is -2.59. The molecule has 0 aromatic heterocycles. The Morgan fingerprint density at radius 3 is 2.43 bits per heavy atom. The van der Waals surface area contributed by atoms with Crippen LogP contribution in [0.4, 0.5) is 9.18 Å². The molecule has 0 N–H and O–H groups in total. The summed E-state index contributed by atoms with van der Waals surface area (Å²) >= 11 is 0. The highest BCUT2D eigenvalue weighted by Gasteiger charge is 2.63. The molecule has 1 unspecified atom stereocenters. The summed E-state index contributed by atoms with van der Waals surface area (Å²) in [6, 6.07) is 25.4. The van der Waals surface area contributed by atoms with Crippen molar-refractivity contribution in [3.63, 3.8) is 0 Å². The van der Waals surface area contributed by atoms with Gasteiger partial charge in [-0.1, -0.05) is 60.7 Å². The first-order valence-corrected chi connectivity index (χ1v) is 12.4. The Bertz CT molecular complexity index is 1360. The van der Waals surface area contributed by atoms with Crippen LogP contribution in [0.1, 0.15) is 42.0 Å². The maximum Gasteiger partial charge on any atom is 0.411 e. The fourth-order valence-electron chi connectivity index (χ4n) is 5.73. The van der Waals surface area contributed by atoms with E-state index < -0.39 is 17.2 Å². The first-order chi connectivity index (χ1) is 17.9. The molecule has 6 nitrogen and oxygen atoms in total. The third-order valence-electron chi connectivity index (χ3n) is 7.90. The van der Waals surface area contributed by atoms with Crippen LogP contribution in [0.3, 0.4) is 0 Å². The number of likely N-dealkylation sites (tertiary alicyclic amines) is 1. The molecular weight excluding hydrogens is 469 g/mol. The minimum Gasteiger partial charge on any atom is -0.440 e. The van der Waals surface area contributed by atoms with Gasteiger partial charge in [-0.15, -0.1) is 0 Å². The minimum atomic E-state index is -0.845. The van der Waals surface area contributed by atoms with E-state index in [0.29, 0.717) is 37.1 Å². The van der Waals surface area contributed by atoms with E-state index in [1.54, 1.807) is 34.1 Å². The molecule has 0 aliphatic carbocycles. The van der Waals surface area contributed by atoms with Crippen molar-refractivity contribution in [2.45, 2.75) is 43.9 Å². The van der Waals surface area contributed by atoms with Crippen molar-refractivity contribution >= 4 is 12.0 Å². The summed E-state index contributed by atoms with van der Waals surface area (Å²) in [4.78, 5) is 29.9. The molecule has 0 radical (unpaired) electrons. The molecule has 1 spiro atoms. The molecule has 2 saturated heterocycles. The van der Waals surface area contributed by atoms with Gasteiger partial charge >= 0.3 is 6.09 Å². The second-order valence-corrected chi connectivity index (χ2v) is 9.84. The number of carbonyl (C=O) groups is 2. The molecule has 7 heteroatoms. The zero-order valence-electron chi connectivity index (χ0n) is 20.7. The molecule has 0 saturated carbocycles. The first-order valence-electron chi connectivity index (χ1n) is 12.4. The maximum absolute atomic E-state index is 13.6. The summed E-state index contributed by atoms with van der Waals surface area (Å²) in [7, 11) is 0. The van der Waals surface area contributed by atoms with Gasteiger partial charge in [0.25, 0.3) is 0 Å². The van der Waals surface area contributed by atoms with E-state index in [0.717, 1.165) is 11.1 Å². The van der Waals surface area contributed by atoms with Crippen LogP contribution >= 0.6 is 0 Å². The highest BCUT2D eigenvalue weighted by molar-refractivity contribution is 5.79. The standard InChI is InChI=1S/C30H28FN3O3/c1-29(25-11-3-2-4-12-25)30(37-28(36)34(29)21-24-10-6-5-9-23(24)20-32)14-16-33(17-15-30)27(35)19-22-8-7-13-26(31)18-22/h2-13,18H,14-17,19,21H2,1H3. The predicted molar refractivity (Wildman–Crippen MR) is 136 cm³/mol. The van der Waals surface area contributed by atoms with Gasteiger partial charge in [-0.25, -0.2) is 9.18 Å². The van der Waals surface area contributed by atoms with E-state index in [-0.39, 0.29) is 24.7 Å². The quantitative estimate of drug-likeness (QED) is 0.488. The van der Waals surface area contributed by atoms with Crippen LogP contribution in [-0.2, 0) is 28.0 Å². The molecule has 2 heterocycles. The lowest BCUT2D eigenvalue weighted by atomic mass is 9.70. The highest BCUT2D eigenvalue weighted by atomic mass is 19.1. The zero-order chi connectivity index (χ0) is 26.0. The average Bonchev–Trinajstić information content (AvgIpc) is 3.11. The summed E-state index contributed by atoms with van der Waals surface area (Å²) in [5.74, 6) is -0.441. The average molecular weight is 498 g/mol. The molecule has 188 valence electrons. The number of amides is 2. The lowest BCUT2D eigenvalue weighted by molar-refractivity contribution is -0.136. The molecule has 2 aliphatic rings. The number of nitrogens with zero attached hydrogens (tertiary/aromatic N) is 3. The highest BCUT2D eigenvalue weighted by Crippen LogP contribution is 2.52. The molecule has 3 aromatic carbocycles. The van der Waals surface area contributed by atoms with E-state index in [9.17, 15) is 19.2 Å². The van der Waals surface area contributed by atoms with Crippen molar-refractivity contribution in [1.29, 1.82) is 5.26 Å². The summed E-state index contributed by atoms with van der Waals surface area (Å²) < 4.78 is 19.8. The van der Waals surface area contributed by atoms with Gasteiger partial charge in [0.2, 0.25) is 5.91 Å². The van der Waals surface area contributed by atoms with Crippen molar-refractivity contribution in [3.8, 4) is 6.07 Å². The van der Waals surface area contributed by atoms with Crippen LogP contribution in [-0.4, -0.2) is 40.5 Å². The Morgan fingerprint density at radius 1 is 1.03 bits per heavy atom. The van der Waals surface area contributed by atoms with E-state index in [4.69, 9.17) is 4.74 Å². The SMILES string of the molecule is CC1(c2ccccc2)N(Cc2ccccc2C#N)C(=O)OC12CCN(C(=O)Cc1cccc(F)c1)CC2. The molecule has 1 atom stereocenters. The number of nitriles is 1. The van der Waals surface area contributed by atoms with Crippen LogP contribution in [0, 0.1) is 17.1 Å². The third kappa shape index (κ3) is 4.33. The largest absolute Gasteiger partial charge is 0.440 e. The first kappa shape index (κ1) is 24.5. The Morgan fingerprint density at radius 2 is 1.73 bits per heavy atom. The predicted octanol–water partition coefficient (Wildman–Crippen LogP) is 5.17. The Hall–Kier alpha value is -4.18. The Labute approximate surface area is 215 Å². The van der Waals surface area contributed by atoms with Crippen LogP contribution in [0.2, 0.25) is 0 Å². The Kier molecular flexibility index (Phi) is 6.43. The summed E-state index contributed by atoms with van der Waals surface area (Å²) in [6.07, 6.45) is 0.626. The molecule has 5 rings (SSSR count). The molecular formula is C30H28FN3O3. The molecule has 2 aliphatic heterocycles. The maximum atomic E-state index is 13.6. The number of halogens is 1. The molecule has 2 amide bonds. The van der Waals surface area contributed by atoms with Gasteiger partial charge in [-0.05, 0) is 41.8 Å². The second kappa shape index (κ2) is 9.70. The third-order valence-corrected chi connectivity index (χ3v) is 7.90. The molecule has 37 heavy (non-hydrogen) atoms. The fourth-order valence-corrected chi connectivity index (χ4v) is 5.73. The smallest absolute Gasteiger partial charge is 0.411 e. The number of carbonyl (C=O) groups excluding carboxylic acids is 2.